The van der Waals surface area contributed by atoms with Gasteiger partial charge in [-0.15, -0.1) is 0 Å². The highest BCUT2D eigenvalue weighted by atomic mass is 16.3. The lowest BCUT2D eigenvalue weighted by Crippen LogP contribution is -2.45. The molecule has 2 unspecified atom stereocenters. The van der Waals surface area contributed by atoms with Crippen LogP contribution in [-0.4, -0.2) is 44.8 Å². The lowest BCUT2D eigenvalue weighted by Gasteiger charge is -2.38. The third-order valence-corrected chi connectivity index (χ3v) is 5.18. The molecule has 1 aromatic rings. The van der Waals surface area contributed by atoms with Gasteiger partial charge in [0.05, 0.1) is 12.3 Å². The molecule has 118 valence electrons. The quantitative estimate of drug-likeness (QED) is 0.927. The molecule has 0 spiro atoms. The number of nitrogens with zero attached hydrogens (tertiary/aromatic N) is 3. The topological polar surface area (TPSA) is 41.3 Å². The maximum atomic E-state index is 9.52. The molecule has 0 aromatic carbocycles. The fraction of sp³-hybridized carbons (Fsp3) is 0.824. The van der Waals surface area contributed by atoms with Crippen LogP contribution in [0.4, 0.5) is 0 Å². The molecule has 1 fully saturated rings. The molecule has 3 rings (SSSR count). The summed E-state index contributed by atoms with van der Waals surface area (Å²) in [5, 5.41) is 9.52. The Balaban J connectivity index is 1.74. The van der Waals surface area contributed by atoms with Gasteiger partial charge in [0.2, 0.25) is 0 Å². The van der Waals surface area contributed by atoms with Gasteiger partial charge < -0.3 is 9.67 Å². The molecule has 21 heavy (non-hydrogen) atoms. The summed E-state index contributed by atoms with van der Waals surface area (Å²) in [4.78, 5) is 7.51. The molecule has 0 radical (unpaired) electrons. The Morgan fingerprint density at radius 2 is 2.10 bits per heavy atom. The number of likely N-dealkylation sites (tertiary alicyclic amines) is 1. The number of imidazole rings is 1. The monoisotopic (exact) mass is 291 g/mol. The Labute approximate surface area is 128 Å². The van der Waals surface area contributed by atoms with Crippen molar-refractivity contribution < 1.29 is 5.11 Å². The molecule has 4 nitrogen and oxygen atoms in total. The van der Waals surface area contributed by atoms with Crippen LogP contribution in [0.5, 0.6) is 0 Å². The van der Waals surface area contributed by atoms with Gasteiger partial charge in [0.1, 0.15) is 5.82 Å². The normalized spacial score (nSPS) is 27.0. The minimum atomic E-state index is 0.234. The van der Waals surface area contributed by atoms with Gasteiger partial charge in [0.15, 0.2) is 0 Å². The average molecular weight is 291 g/mol. The van der Waals surface area contributed by atoms with E-state index < -0.39 is 0 Å². The molecule has 2 aliphatic rings. The van der Waals surface area contributed by atoms with E-state index in [1.807, 2.05) is 0 Å². The van der Waals surface area contributed by atoms with Crippen molar-refractivity contribution in [2.45, 2.75) is 76.9 Å². The van der Waals surface area contributed by atoms with E-state index in [2.05, 4.69) is 29.5 Å². The van der Waals surface area contributed by atoms with E-state index in [4.69, 9.17) is 4.98 Å². The predicted molar refractivity (Wildman–Crippen MR) is 84.5 cm³/mol. The number of piperidine rings is 1. The Kier molecular flexibility index (Phi) is 4.65. The molecule has 0 aliphatic carbocycles. The van der Waals surface area contributed by atoms with Gasteiger partial charge in [-0.2, -0.15) is 0 Å². The van der Waals surface area contributed by atoms with Crippen LogP contribution < -0.4 is 0 Å². The highest BCUT2D eigenvalue weighted by Crippen LogP contribution is 2.28. The molecular formula is C17H29N3O. The Hall–Kier alpha value is -0.870. The number of hydrogen-bond donors (Lipinski definition) is 1. The van der Waals surface area contributed by atoms with E-state index in [1.165, 1.54) is 31.5 Å². The van der Waals surface area contributed by atoms with E-state index in [0.717, 1.165) is 31.6 Å². The van der Waals surface area contributed by atoms with Crippen molar-refractivity contribution in [3.8, 4) is 0 Å². The zero-order valence-electron chi connectivity index (χ0n) is 13.5. The van der Waals surface area contributed by atoms with Crippen LogP contribution in [0.3, 0.4) is 0 Å². The number of aromatic nitrogens is 2. The van der Waals surface area contributed by atoms with E-state index in [9.17, 15) is 5.11 Å². The van der Waals surface area contributed by atoms with E-state index >= 15 is 0 Å². The van der Waals surface area contributed by atoms with Crippen LogP contribution in [0, 0.1) is 0 Å². The van der Waals surface area contributed by atoms with Crippen LogP contribution in [-0.2, 0) is 13.0 Å². The summed E-state index contributed by atoms with van der Waals surface area (Å²) in [5.41, 5.74) is 1.22. The van der Waals surface area contributed by atoms with Crippen molar-refractivity contribution in [1.82, 2.24) is 14.5 Å². The molecule has 4 heteroatoms. The maximum absolute atomic E-state index is 9.52. The number of hydrogen-bond acceptors (Lipinski definition) is 3. The first-order chi connectivity index (χ1) is 10.2. The zero-order valence-corrected chi connectivity index (χ0v) is 13.5. The van der Waals surface area contributed by atoms with Crippen LogP contribution in [0.15, 0.2) is 6.20 Å². The lowest BCUT2D eigenvalue weighted by molar-refractivity contribution is 0.111. The largest absolute Gasteiger partial charge is 0.396 e. The summed E-state index contributed by atoms with van der Waals surface area (Å²) in [6.07, 6.45) is 9.52. The second kappa shape index (κ2) is 6.49. The minimum Gasteiger partial charge on any atom is -0.396 e. The van der Waals surface area contributed by atoms with E-state index in [-0.39, 0.29) is 12.5 Å². The summed E-state index contributed by atoms with van der Waals surface area (Å²) < 4.78 is 2.28. The fourth-order valence-corrected chi connectivity index (χ4v) is 4.06. The molecule has 0 bridgehead atoms. The summed E-state index contributed by atoms with van der Waals surface area (Å²) in [6.45, 7) is 7.14. The number of aliphatic hydroxyl groups is 1. The second-order valence-corrected chi connectivity index (χ2v) is 6.99. The Morgan fingerprint density at radius 3 is 2.86 bits per heavy atom. The third kappa shape index (κ3) is 3.16. The number of aliphatic hydroxyl groups excluding tert-OH is 1. The predicted octanol–water partition coefficient (Wildman–Crippen LogP) is 2.56. The van der Waals surface area contributed by atoms with Gasteiger partial charge in [0, 0.05) is 37.2 Å². The van der Waals surface area contributed by atoms with Crippen LogP contribution in [0.25, 0.3) is 0 Å². The van der Waals surface area contributed by atoms with E-state index in [1.54, 1.807) is 0 Å². The SMILES string of the molecule is CC(C)N1CCCCC1Cc1cn2c(n1)C(CO)CCC2. The summed E-state index contributed by atoms with van der Waals surface area (Å²) in [7, 11) is 0. The number of aryl methyl sites for hydroxylation is 1. The average Bonchev–Trinajstić information content (AvgIpc) is 2.89. The smallest absolute Gasteiger partial charge is 0.114 e. The van der Waals surface area contributed by atoms with Crippen LogP contribution in [0.1, 0.15) is 63.4 Å². The van der Waals surface area contributed by atoms with Crippen molar-refractivity contribution in [1.29, 1.82) is 0 Å². The van der Waals surface area contributed by atoms with Crippen molar-refractivity contribution in [3.05, 3.63) is 17.7 Å². The van der Waals surface area contributed by atoms with Gasteiger partial charge in [-0.05, 0) is 46.1 Å². The maximum Gasteiger partial charge on any atom is 0.114 e. The van der Waals surface area contributed by atoms with Crippen LogP contribution >= 0.6 is 0 Å². The third-order valence-electron chi connectivity index (χ3n) is 5.18. The van der Waals surface area contributed by atoms with Crippen molar-refractivity contribution >= 4 is 0 Å². The fourth-order valence-electron chi connectivity index (χ4n) is 4.06. The second-order valence-electron chi connectivity index (χ2n) is 6.99. The standard InChI is InChI=1S/C17H29N3O/c1-13(2)20-9-4-3-7-16(20)10-15-11-19-8-5-6-14(12-21)17(19)18-15/h11,13-14,16,21H,3-10,12H2,1-2H3. The molecular weight excluding hydrogens is 262 g/mol. The minimum absolute atomic E-state index is 0.234. The number of fused-ring (bicyclic) bond motifs is 1. The molecule has 1 N–H and O–H groups in total. The van der Waals surface area contributed by atoms with Crippen molar-refractivity contribution in [2.24, 2.45) is 0 Å². The van der Waals surface area contributed by atoms with Gasteiger partial charge in [-0.3, -0.25) is 4.90 Å². The van der Waals surface area contributed by atoms with Crippen LogP contribution in [0.2, 0.25) is 0 Å². The summed E-state index contributed by atoms with van der Waals surface area (Å²) >= 11 is 0. The number of rotatable bonds is 4. The molecule has 1 aromatic heterocycles. The van der Waals surface area contributed by atoms with Gasteiger partial charge >= 0.3 is 0 Å². The molecule has 0 saturated carbocycles. The lowest BCUT2D eigenvalue weighted by atomic mass is 9.97. The molecule has 3 heterocycles. The highest BCUT2D eigenvalue weighted by molar-refractivity contribution is 5.12. The summed E-state index contributed by atoms with van der Waals surface area (Å²) in [5.74, 6) is 1.37. The van der Waals surface area contributed by atoms with Gasteiger partial charge in [-0.1, -0.05) is 6.42 Å². The Morgan fingerprint density at radius 1 is 1.24 bits per heavy atom. The molecule has 0 amide bonds. The first-order valence-corrected chi connectivity index (χ1v) is 8.61. The van der Waals surface area contributed by atoms with Crippen molar-refractivity contribution in [2.75, 3.05) is 13.2 Å². The van der Waals surface area contributed by atoms with Crippen molar-refractivity contribution in [3.63, 3.8) is 0 Å². The molecule has 2 atom stereocenters. The summed E-state index contributed by atoms with van der Waals surface area (Å²) in [6, 6.07) is 1.26. The van der Waals surface area contributed by atoms with Gasteiger partial charge in [-0.25, -0.2) is 4.98 Å². The zero-order chi connectivity index (χ0) is 14.8. The first-order valence-electron chi connectivity index (χ1n) is 8.61. The highest BCUT2D eigenvalue weighted by Gasteiger charge is 2.27. The first kappa shape index (κ1) is 15.0. The van der Waals surface area contributed by atoms with E-state index in [0.29, 0.717) is 12.1 Å². The Bertz CT molecular complexity index is 469. The molecule has 1 saturated heterocycles. The molecule has 2 aliphatic heterocycles. The van der Waals surface area contributed by atoms with Gasteiger partial charge in [0.25, 0.3) is 0 Å².